The summed E-state index contributed by atoms with van der Waals surface area (Å²) in [6.45, 7) is 7.39. The summed E-state index contributed by atoms with van der Waals surface area (Å²) in [5.41, 5.74) is 1.38. The zero-order chi connectivity index (χ0) is 12.5. The van der Waals surface area contributed by atoms with Crippen molar-refractivity contribution in [2.24, 2.45) is 0 Å². The molecule has 17 heavy (non-hydrogen) atoms. The van der Waals surface area contributed by atoms with Crippen LogP contribution in [0.5, 0.6) is 0 Å². The van der Waals surface area contributed by atoms with Gasteiger partial charge >= 0.3 is 0 Å². The van der Waals surface area contributed by atoms with Crippen molar-refractivity contribution in [1.82, 2.24) is 5.32 Å². The SMILES string of the molecule is CCNC(CCOCCOC)c1csc(C)c1. The number of aryl methyl sites for hydroxylation is 1. The van der Waals surface area contributed by atoms with E-state index in [9.17, 15) is 0 Å². The molecule has 0 bridgehead atoms. The van der Waals surface area contributed by atoms with Crippen molar-refractivity contribution in [1.29, 1.82) is 0 Å². The van der Waals surface area contributed by atoms with Crippen LogP contribution in [0, 0.1) is 6.92 Å². The van der Waals surface area contributed by atoms with E-state index >= 15 is 0 Å². The van der Waals surface area contributed by atoms with Crippen molar-refractivity contribution in [2.45, 2.75) is 26.3 Å². The van der Waals surface area contributed by atoms with E-state index in [2.05, 4.69) is 30.6 Å². The predicted octanol–water partition coefficient (Wildman–Crippen LogP) is 2.76. The fourth-order valence-electron chi connectivity index (χ4n) is 1.72. The lowest BCUT2D eigenvalue weighted by Crippen LogP contribution is -2.22. The molecule has 0 aliphatic heterocycles. The second kappa shape index (κ2) is 8.64. The molecular formula is C13H23NO2S. The molecule has 1 rings (SSSR count). The van der Waals surface area contributed by atoms with E-state index < -0.39 is 0 Å². The average molecular weight is 257 g/mol. The summed E-state index contributed by atoms with van der Waals surface area (Å²) in [5.74, 6) is 0. The standard InChI is InChI=1S/C13H23NO2S/c1-4-14-13(5-6-16-8-7-15-3)12-9-11(2)17-10-12/h9-10,13-14H,4-8H2,1-3H3. The number of rotatable bonds is 9. The van der Waals surface area contributed by atoms with Gasteiger partial charge in [0.1, 0.15) is 0 Å². The molecule has 3 nitrogen and oxygen atoms in total. The number of methoxy groups -OCH3 is 1. The van der Waals surface area contributed by atoms with Crippen LogP contribution in [-0.4, -0.2) is 33.5 Å². The Morgan fingerprint density at radius 1 is 1.35 bits per heavy atom. The van der Waals surface area contributed by atoms with Crippen molar-refractivity contribution in [3.05, 3.63) is 21.9 Å². The predicted molar refractivity (Wildman–Crippen MR) is 72.8 cm³/mol. The van der Waals surface area contributed by atoms with Crippen LogP contribution >= 0.6 is 11.3 Å². The first kappa shape index (κ1) is 14.6. The van der Waals surface area contributed by atoms with Gasteiger partial charge in [0.05, 0.1) is 13.2 Å². The molecule has 0 saturated carbocycles. The molecule has 1 N–H and O–H groups in total. The molecule has 0 saturated heterocycles. The Hall–Kier alpha value is -0.420. The highest BCUT2D eigenvalue weighted by Gasteiger charge is 2.11. The normalized spacial score (nSPS) is 12.9. The van der Waals surface area contributed by atoms with E-state index in [0.29, 0.717) is 19.3 Å². The smallest absolute Gasteiger partial charge is 0.0700 e. The van der Waals surface area contributed by atoms with Gasteiger partial charge in [-0.1, -0.05) is 6.92 Å². The Morgan fingerprint density at radius 2 is 2.18 bits per heavy atom. The fraction of sp³-hybridized carbons (Fsp3) is 0.692. The number of hydrogen-bond donors (Lipinski definition) is 1. The van der Waals surface area contributed by atoms with Crippen LogP contribution in [0.2, 0.25) is 0 Å². The number of thiophene rings is 1. The molecule has 0 spiro atoms. The van der Waals surface area contributed by atoms with Crippen LogP contribution in [0.15, 0.2) is 11.4 Å². The Bertz CT molecular complexity index is 301. The van der Waals surface area contributed by atoms with E-state index in [1.54, 1.807) is 18.4 Å². The molecule has 98 valence electrons. The lowest BCUT2D eigenvalue weighted by atomic mass is 10.1. The lowest BCUT2D eigenvalue weighted by molar-refractivity contribution is 0.0658. The van der Waals surface area contributed by atoms with E-state index in [1.807, 2.05) is 0 Å². The van der Waals surface area contributed by atoms with Crippen molar-refractivity contribution >= 4 is 11.3 Å². The van der Waals surface area contributed by atoms with Gasteiger partial charge in [0.15, 0.2) is 0 Å². The molecule has 1 unspecified atom stereocenters. The van der Waals surface area contributed by atoms with Crippen molar-refractivity contribution < 1.29 is 9.47 Å². The molecule has 1 aromatic rings. The van der Waals surface area contributed by atoms with Gasteiger partial charge in [-0.3, -0.25) is 0 Å². The minimum Gasteiger partial charge on any atom is -0.382 e. The maximum atomic E-state index is 5.52. The third kappa shape index (κ3) is 5.64. The molecular weight excluding hydrogens is 234 g/mol. The molecule has 0 aliphatic carbocycles. The number of ether oxygens (including phenoxy) is 2. The van der Waals surface area contributed by atoms with Crippen LogP contribution in [0.3, 0.4) is 0 Å². The first-order valence-corrected chi connectivity index (χ1v) is 7.01. The van der Waals surface area contributed by atoms with E-state index in [0.717, 1.165) is 19.6 Å². The maximum absolute atomic E-state index is 5.52. The van der Waals surface area contributed by atoms with E-state index in [1.165, 1.54) is 10.4 Å². The second-order valence-electron chi connectivity index (χ2n) is 3.99. The summed E-state index contributed by atoms with van der Waals surface area (Å²) in [7, 11) is 1.69. The van der Waals surface area contributed by atoms with Crippen LogP contribution in [0.25, 0.3) is 0 Å². The van der Waals surface area contributed by atoms with E-state index in [4.69, 9.17) is 9.47 Å². The Balaban J connectivity index is 2.33. The summed E-state index contributed by atoms with van der Waals surface area (Å²) < 4.78 is 10.5. The van der Waals surface area contributed by atoms with Gasteiger partial charge in [-0.25, -0.2) is 0 Å². The topological polar surface area (TPSA) is 30.5 Å². The van der Waals surface area contributed by atoms with Gasteiger partial charge in [0.2, 0.25) is 0 Å². The molecule has 4 heteroatoms. The Kier molecular flexibility index (Phi) is 7.44. The zero-order valence-corrected chi connectivity index (χ0v) is 11.8. The summed E-state index contributed by atoms with van der Waals surface area (Å²) in [5, 5.41) is 5.73. The van der Waals surface area contributed by atoms with Gasteiger partial charge in [-0.05, 0) is 36.9 Å². The molecule has 0 fully saturated rings. The molecule has 1 aromatic heterocycles. The lowest BCUT2D eigenvalue weighted by Gasteiger charge is -2.16. The van der Waals surface area contributed by atoms with Gasteiger partial charge < -0.3 is 14.8 Å². The van der Waals surface area contributed by atoms with Crippen LogP contribution in [0.4, 0.5) is 0 Å². The number of hydrogen-bond acceptors (Lipinski definition) is 4. The van der Waals surface area contributed by atoms with Crippen molar-refractivity contribution in [2.75, 3.05) is 33.5 Å². The van der Waals surface area contributed by atoms with E-state index in [-0.39, 0.29) is 0 Å². The minimum atomic E-state index is 0.410. The Morgan fingerprint density at radius 3 is 2.76 bits per heavy atom. The monoisotopic (exact) mass is 257 g/mol. The van der Waals surface area contributed by atoms with Crippen LogP contribution < -0.4 is 5.32 Å². The first-order valence-electron chi connectivity index (χ1n) is 6.13. The summed E-state index contributed by atoms with van der Waals surface area (Å²) >= 11 is 1.81. The largest absolute Gasteiger partial charge is 0.382 e. The molecule has 1 heterocycles. The molecule has 0 radical (unpaired) electrons. The summed E-state index contributed by atoms with van der Waals surface area (Å²) in [6, 6.07) is 2.67. The van der Waals surface area contributed by atoms with Crippen molar-refractivity contribution in [3.63, 3.8) is 0 Å². The second-order valence-corrected chi connectivity index (χ2v) is 5.11. The minimum absolute atomic E-state index is 0.410. The highest BCUT2D eigenvalue weighted by Crippen LogP contribution is 2.22. The maximum Gasteiger partial charge on any atom is 0.0700 e. The highest BCUT2D eigenvalue weighted by molar-refractivity contribution is 7.10. The average Bonchev–Trinajstić information content (AvgIpc) is 2.74. The number of nitrogens with one attached hydrogen (secondary N) is 1. The third-order valence-corrected chi connectivity index (χ3v) is 3.47. The Labute approximate surface area is 108 Å². The fourth-order valence-corrected chi connectivity index (χ4v) is 2.48. The highest BCUT2D eigenvalue weighted by atomic mass is 32.1. The molecule has 0 amide bonds. The van der Waals surface area contributed by atoms with Crippen molar-refractivity contribution in [3.8, 4) is 0 Å². The quantitative estimate of drug-likeness (QED) is 0.690. The first-order chi connectivity index (χ1) is 8.27. The third-order valence-electron chi connectivity index (χ3n) is 2.59. The van der Waals surface area contributed by atoms with Gasteiger partial charge in [-0.2, -0.15) is 0 Å². The molecule has 0 aromatic carbocycles. The van der Waals surface area contributed by atoms with Crippen LogP contribution in [0.1, 0.15) is 29.8 Å². The van der Waals surface area contributed by atoms with Gasteiger partial charge in [-0.15, -0.1) is 11.3 Å². The molecule has 1 atom stereocenters. The van der Waals surface area contributed by atoms with Crippen LogP contribution in [-0.2, 0) is 9.47 Å². The summed E-state index contributed by atoms with van der Waals surface area (Å²) in [6.07, 6.45) is 1.01. The zero-order valence-electron chi connectivity index (χ0n) is 11.0. The molecule has 0 aliphatic rings. The van der Waals surface area contributed by atoms with Gasteiger partial charge in [0, 0.05) is 24.6 Å². The van der Waals surface area contributed by atoms with Gasteiger partial charge in [0.25, 0.3) is 0 Å². The summed E-state index contributed by atoms with van der Waals surface area (Å²) in [4.78, 5) is 1.36.